The molecule has 0 aromatic heterocycles. The molecule has 0 radical (unpaired) electrons. The average Bonchev–Trinajstić information content (AvgIpc) is 1.10. The SMILES string of the molecule is CC/C=C\C/C=C\C/C=C\C/C=C\C/C=C\C/C=C\C/C=C\CCCCCCCC(=O)NC(COC1OC(CO)C(OC2OC(CO)C(OC3OC(CO)C(O)C(O)C3O)C(O)C2O)C(O)C1O)C(O)/C=C/CC/C=C/CCCCCCCCCCC. The van der Waals surface area contributed by atoms with Gasteiger partial charge in [0.25, 0.3) is 0 Å². The molecule has 0 bridgehead atoms. The maximum atomic E-state index is 13.4. The van der Waals surface area contributed by atoms with Gasteiger partial charge in [0.1, 0.15) is 73.2 Å². The number of hydrogen-bond acceptors (Lipinski definition) is 18. The van der Waals surface area contributed by atoms with Gasteiger partial charge in [-0.1, -0.05) is 194 Å². The number of nitrogens with one attached hydrogen (secondary N) is 1. The highest BCUT2D eigenvalue weighted by Crippen LogP contribution is 2.33. The van der Waals surface area contributed by atoms with Gasteiger partial charge in [-0.25, -0.2) is 0 Å². The van der Waals surface area contributed by atoms with Crippen molar-refractivity contribution in [3.8, 4) is 0 Å². The van der Waals surface area contributed by atoms with Crippen LogP contribution in [-0.4, -0.2) is 193 Å². The first-order chi connectivity index (χ1) is 42.3. The fourth-order valence-electron chi connectivity index (χ4n) is 10.2. The van der Waals surface area contributed by atoms with Crippen molar-refractivity contribution in [3.05, 3.63) is 109 Å². The highest BCUT2D eigenvalue weighted by Gasteiger charge is 2.53. The number of aliphatic hydroxyl groups is 11. The Hall–Kier alpha value is -3.55. The maximum absolute atomic E-state index is 13.4. The molecule has 12 N–H and O–H groups in total. The molecule has 3 fully saturated rings. The molecule has 498 valence electrons. The van der Waals surface area contributed by atoms with Crippen molar-refractivity contribution in [2.24, 2.45) is 0 Å². The second kappa shape index (κ2) is 49.2. The lowest BCUT2D eigenvalue weighted by Gasteiger charge is -2.48. The Morgan fingerprint density at radius 1 is 0.425 bits per heavy atom. The molecule has 3 heterocycles. The molecule has 0 aromatic rings. The molecule has 0 aromatic carbocycles. The van der Waals surface area contributed by atoms with Crippen LogP contribution in [0.2, 0.25) is 0 Å². The van der Waals surface area contributed by atoms with E-state index in [0.29, 0.717) is 12.8 Å². The molecule has 0 spiro atoms. The second-order valence-electron chi connectivity index (χ2n) is 22.8. The predicted octanol–water partition coefficient (Wildman–Crippen LogP) is 7.49. The first kappa shape index (κ1) is 77.7. The van der Waals surface area contributed by atoms with Gasteiger partial charge in [-0.3, -0.25) is 4.79 Å². The third-order valence-corrected chi connectivity index (χ3v) is 15.6. The minimum atomic E-state index is -1.99. The fourth-order valence-corrected chi connectivity index (χ4v) is 10.2. The fraction of sp³-hybridized carbons (Fsp3) is 0.721. The summed E-state index contributed by atoms with van der Waals surface area (Å²) in [5.41, 5.74) is 0. The van der Waals surface area contributed by atoms with Crippen molar-refractivity contribution in [1.82, 2.24) is 5.32 Å². The molecule has 3 aliphatic heterocycles. The van der Waals surface area contributed by atoms with Gasteiger partial charge >= 0.3 is 0 Å². The Labute approximate surface area is 519 Å². The molecule has 17 atom stereocenters. The van der Waals surface area contributed by atoms with Crippen molar-refractivity contribution in [2.75, 3.05) is 26.4 Å². The van der Waals surface area contributed by atoms with E-state index < -0.39 is 124 Å². The third kappa shape index (κ3) is 31.8. The predicted molar refractivity (Wildman–Crippen MR) is 337 cm³/mol. The zero-order valence-corrected chi connectivity index (χ0v) is 52.2. The smallest absolute Gasteiger partial charge is 0.220 e. The summed E-state index contributed by atoms with van der Waals surface area (Å²) < 4.78 is 34.2. The second-order valence-corrected chi connectivity index (χ2v) is 22.8. The quantitative estimate of drug-likeness (QED) is 0.0207. The zero-order chi connectivity index (χ0) is 63.3. The van der Waals surface area contributed by atoms with Gasteiger partial charge in [0.05, 0.1) is 38.6 Å². The molecular weight excluding hydrogens is 1120 g/mol. The van der Waals surface area contributed by atoms with Crippen molar-refractivity contribution < 1.29 is 89.4 Å². The largest absolute Gasteiger partial charge is 0.394 e. The molecule has 19 nitrogen and oxygen atoms in total. The summed E-state index contributed by atoms with van der Waals surface area (Å²) >= 11 is 0. The van der Waals surface area contributed by atoms with E-state index in [-0.39, 0.29) is 18.9 Å². The lowest BCUT2D eigenvalue weighted by molar-refractivity contribution is -0.379. The molecule has 3 rings (SSSR count). The zero-order valence-electron chi connectivity index (χ0n) is 52.2. The van der Waals surface area contributed by atoms with Crippen LogP contribution in [-0.2, 0) is 33.2 Å². The van der Waals surface area contributed by atoms with Gasteiger partial charge in [-0.15, -0.1) is 0 Å². The number of allylic oxidation sites excluding steroid dienone is 17. The number of unbranched alkanes of at least 4 members (excludes halogenated alkanes) is 15. The lowest BCUT2D eigenvalue weighted by atomic mass is 9.96. The lowest BCUT2D eigenvalue weighted by Crippen LogP contribution is -2.66. The number of rotatable bonds is 47. The normalized spacial score (nSPS) is 29.3. The molecule has 1 amide bonds. The van der Waals surface area contributed by atoms with Gasteiger partial charge in [-0.2, -0.15) is 0 Å². The molecular formula is C68H113NO18. The molecule has 3 aliphatic rings. The van der Waals surface area contributed by atoms with Crippen LogP contribution in [0, 0.1) is 0 Å². The van der Waals surface area contributed by atoms with Crippen LogP contribution in [0.5, 0.6) is 0 Å². The molecule has 0 saturated carbocycles. The van der Waals surface area contributed by atoms with Crippen LogP contribution in [0.4, 0.5) is 0 Å². The van der Waals surface area contributed by atoms with E-state index in [0.717, 1.165) is 96.3 Å². The Balaban J connectivity index is 1.47. The van der Waals surface area contributed by atoms with E-state index in [1.165, 1.54) is 51.4 Å². The van der Waals surface area contributed by atoms with E-state index >= 15 is 0 Å². The van der Waals surface area contributed by atoms with E-state index in [1.54, 1.807) is 6.08 Å². The maximum Gasteiger partial charge on any atom is 0.220 e. The number of aliphatic hydroxyl groups excluding tert-OH is 11. The summed E-state index contributed by atoms with van der Waals surface area (Å²) in [6.45, 7) is 1.55. The summed E-state index contributed by atoms with van der Waals surface area (Å²) in [7, 11) is 0. The van der Waals surface area contributed by atoms with Crippen LogP contribution < -0.4 is 5.32 Å². The summed E-state index contributed by atoms with van der Waals surface area (Å²) in [5.74, 6) is -0.310. The van der Waals surface area contributed by atoms with Crippen LogP contribution in [0.3, 0.4) is 0 Å². The Bertz CT molecular complexity index is 2000. The van der Waals surface area contributed by atoms with Crippen molar-refractivity contribution in [3.63, 3.8) is 0 Å². The minimum Gasteiger partial charge on any atom is -0.394 e. The van der Waals surface area contributed by atoms with Gasteiger partial charge in [0, 0.05) is 6.42 Å². The molecule has 3 saturated heterocycles. The highest BCUT2D eigenvalue weighted by atomic mass is 16.8. The summed E-state index contributed by atoms with van der Waals surface area (Å²) in [4.78, 5) is 13.4. The standard InChI is InChI=1S/C68H113NO18/c1-3-5-7-9-11-13-15-17-19-20-21-22-23-24-25-26-27-28-29-30-32-34-36-38-40-42-44-46-56(74)69-51(52(73)45-43-41-39-37-35-33-31-18-16-14-12-10-8-6-4-2)50-82-66-62(80)59(77)64(54(48-71)84-66)87-68-63(81)60(78)65(55(49-72)85-68)86-67-61(79)58(76)57(75)53(47-70)83-67/h5,7,11,13,17,19,21-22,24-25,27-28,30,32,35,37,43,45,51-55,57-68,70-73,75-81H,3-4,6,8-10,12,14-16,18,20,23,26,29,31,33-34,36,38-42,44,46-50H2,1-2H3,(H,69,74)/b7-5-,13-11-,19-17-,22-21-,25-24-,28-27-,32-30-,37-35+,45-43+. The summed E-state index contributed by atoms with van der Waals surface area (Å²) in [6, 6.07) is -1.01. The average molecular weight is 1230 g/mol. The number of carbonyl (C=O) groups excluding carboxylic acids is 1. The van der Waals surface area contributed by atoms with Crippen molar-refractivity contribution in [2.45, 2.75) is 285 Å². The number of hydrogen-bond donors (Lipinski definition) is 12. The topological polar surface area (TPSA) is 307 Å². The van der Waals surface area contributed by atoms with E-state index in [1.807, 2.05) is 6.08 Å². The van der Waals surface area contributed by atoms with Crippen molar-refractivity contribution >= 4 is 5.91 Å². The van der Waals surface area contributed by atoms with Gasteiger partial charge in [-0.05, 0) is 89.9 Å². The Morgan fingerprint density at radius 3 is 1.29 bits per heavy atom. The number of ether oxygens (including phenoxy) is 6. The summed E-state index contributed by atoms with van der Waals surface area (Å²) in [5, 5.41) is 120. The van der Waals surface area contributed by atoms with Crippen LogP contribution in [0.25, 0.3) is 0 Å². The first-order valence-electron chi connectivity index (χ1n) is 32.6. The van der Waals surface area contributed by atoms with Crippen molar-refractivity contribution in [1.29, 1.82) is 0 Å². The van der Waals surface area contributed by atoms with Crippen LogP contribution in [0.1, 0.15) is 181 Å². The molecule has 19 heteroatoms. The van der Waals surface area contributed by atoms with Gasteiger partial charge in [0.15, 0.2) is 18.9 Å². The highest BCUT2D eigenvalue weighted by molar-refractivity contribution is 5.76. The third-order valence-electron chi connectivity index (χ3n) is 15.6. The Kier molecular flexibility index (Phi) is 43.9. The molecule has 87 heavy (non-hydrogen) atoms. The minimum absolute atomic E-state index is 0.205. The van der Waals surface area contributed by atoms with E-state index in [4.69, 9.17) is 28.4 Å². The van der Waals surface area contributed by atoms with E-state index in [2.05, 4.69) is 116 Å². The molecule has 17 unspecified atom stereocenters. The van der Waals surface area contributed by atoms with Gasteiger partial charge in [0.2, 0.25) is 5.91 Å². The van der Waals surface area contributed by atoms with Crippen LogP contribution in [0.15, 0.2) is 109 Å². The first-order valence-corrected chi connectivity index (χ1v) is 32.6. The number of carbonyl (C=O) groups is 1. The van der Waals surface area contributed by atoms with Crippen LogP contribution >= 0.6 is 0 Å². The molecule has 0 aliphatic carbocycles. The monoisotopic (exact) mass is 1230 g/mol. The van der Waals surface area contributed by atoms with Gasteiger partial charge < -0.3 is 89.9 Å². The van der Waals surface area contributed by atoms with E-state index in [9.17, 15) is 61.0 Å². The Morgan fingerprint density at radius 2 is 0.805 bits per heavy atom. The number of amides is 1. The summed E-state index contributed by atoms with van der Waals surface area (Å²) in [6.07, 6.45) is 37.7.